The van der Waals surface area contributed by atoms with E-state index < -0.39 is 5.54 Å². The molecule has 4 heteroatoms. The fraction of sp³-hybridized carbons (Fsp3) is 0.538. The van der Waals surface area contributed by atoms with Crippen molar-refractivity contribution in [3.63, 3.8) is 0 Å². The Hall–Kier alpha value is -0.450. The molecule has 0 amide bonds. The molecule has 0 aliphatic rings. The molecule has 0 aliphatic heterocycles. The second kappa shape index (κ2) is 5.94. The number of halogens is 2. The van der Waals surface area contributed by atoms with Gasteiger partial charge in [0, 0.05) is 10.0 Å². The summed E-state index contributed by atoms with van der Waals surface area (Å²) in [6.45, 7) is 7.79. The quantitative estimate of drug-likeness (QED) is 0.825. The summed E-state index contributed by atoms with van der Waals surface area (Å²) in [5.41, 5.74) is 3.05. The van der Waals surface area contributed by atoms with Crippen LogP contribution >= 0.6 is 15.9 Å². The maximum absolute atomic E-state index is 13.9. The first kappa shape index (κ1) is 14.6. The molecule has 1 aromatic rings. The molecule has 2 nitrogen and oxygen atoms in total. The maximum atomic E-state index is 13.9. The normalized spacial score (nSPS) is 15.0. The molecule has 0 saturated carbocycles. The molecule has 0 radical (unpaired) electrons. The predicted octanol–water partition coefficient (Wildman–Crippen LogP) is 4.14. The monoisotopic (exact) mass is 303 g/mol. The molecule has 0 unspecified atom stereocenters. The number of hydrogen-bond donors (Lipinski definition) is 1. The van der Waals surface area contributed by atoms with Gasteiger partial charge in [0.2, 0.25) is 0 Å². The van der Waals surface area contributed by atoms with Crippen LogP contribution in [0.3, 0.4) is 0 Å². The number of rotatable bonds is 5. The molecule has 0 bridgehead atoms. The highest BCUT2D eigenvalue weighted by atomic mass is 79.9. The summed E-state index contributed by atoms with van der Waals surface area (Å²) in [6, 6.07) is 4.94. The van der Waals surface area contributed by atoms with Crippen LogP contribution < -0.4 is 5.48 Å². The Labute approximate surface area is 111 Å². The van der Waals surface area contributed by atoms with Gasteiger partial charge in [0.05, 0.1) is 11.6 Å². The molecule has 17 heavy (non-hydrogen) atoms. The molecule has 0 spiro atoms. The number of hydrogen-bond acceptors (Lipinski definition) is 2. The molecule has 1 rings (SSSR count). The van der Waals surface area contributed by atoms with E-state index in [9.17, 15) is 4.39 Å². The van der Waals surface area contributed by atoms with E-state index in [-0.39, 0.29) is 11.9 Å². The molecule has 96 valence electrons. The van der Waals surface area contributed by atoms with E-state index in [1.165, 1.54) is 6.07 Å². The molecular weight excluding hydrogens is 285 g/mol. The summed E-state index contributed by atoms with van der Waals surface area (Å²) < 4.78 is 14.7. The Bertz CT molecular complexity index is 384. The number of benzene rings is 1. The Kier molecular flexibility index (Phi) is 5.10. The van der Waals surface area contributed by atoms with E-state index in [2.05, 4.69) is 21.4 Å². The van der Waals surface area contributed by atoms with Crippen LogP contribution in [0, 0.1) is 5.82 Å². The summed E-state index contributed by atoms with van der Waals surface area (Å²) in [5, 5.41) is 0. The molecule has 0 saturated heterocycles. The van der Waals surface area contributed by atoms with Gasteiger partial charge in [-0.25, -0.2) is 4.39 Å². The molecule has 0 aromatic heterocycles. The average molecular weight is 304 g/mol. The lowest BCUT2D eigenvalue weighted by Gasteiger charge is -2.31. The van der Waals surface area contributed by atoms with Crippen LogP contribution in [0.1, 0.15) is 39.7 Å². The van der Waals surface area contributed by atoms with Crippen molar-refractivity contribution in [2.24, 2.45) is 0 Å². The second-order valence-corrected chi connectivity index (χ2v) is 5.49. The number of hydroxylamine groups is 1. The summed E-state index contributed by atoms with van der Waals surface area (Å²) in [6.07, 6.45) is 0.781. The van der Waals surface area contributed by atoms with Crippen LogP contribution in [0.4, 0.5) is 4.39 Å². The van der Waals surface area contributed by atoms with Crippen molar-refractivity contribution >= 4 is 15.9 Å². The summed E-state index contributed by atoms with van der Waals surface area (Å²) >= 11 is 3.36. The lowest BCUT2D eigenvalue weighted by atomic mass is 9.90. The van der Waals surface area contributed by atoms with Gasteiger partial charge in [-0.2, -0.15) is 5.48 Å². The SMILES string of the molecule is CC[C@@](C)(NOC(C)C)c1cc(Br)ccc1F. The van der Waals surface area contributed by atoms with E-state index in [0.717, 1.165) is 10.9 Å². The largest absolute Gasteiger partial charge is 0.298 e. The molecule has 1 aromatic carbocycles. The van der Waals surface area contributed by atoms with E-state index >= 15 is 0 Å². The first-order valence-electron chi connectivity index (χ1n) is 5.77. The Morgan fingerprint density at radius 2 is 2.12 bits per heavy atom. The van der Waals surface area contributed by atoms with Crippen LogP contribution in [-0.2, 0) is 10.4 Å². The zero-order valence-corrected chi connectivity index (χ0v) is 12.3. The van der Waals surface area contributed by atoms with Crippen LogP contribution in [0.2, 0.25) is 0 Å². The fourth-order valence-electron chi connectivity index (χ4n) is 1.49. The van der Waals surface area contributed by atoms with Crippen molar-refractivity contribution in [2.45, 2.75) is 45.8 Å². The van der Waals surface area contributed by atoms with Crippen molar-refractivity contribution in [3.05, 3.63) is 34.1 Å². The third-order valence-corrected chi connectivity index (χ3v) is 3.24. The lowest BCUT2D eigenvalue weighted by molar-refractivity contribution is -0.0584. The first-order valence-corrected chi connectivity index (χ1v) is 6.56. The molecular formula is C13H19BrFNO. The van der Waals surface area contributed by atoms with E-state index in [1.807, 2.05) is 27.7 Å². The molecule has 1 N–H and O–H groups in total. The van der Waals surface area contributed by atoms with Crippen molar-refractivity contribution in [1.82, 2.24) is 5.48 Å². The van der Waals surface area contributed by atoms with E-state index in [0.29, 0.717) is 5.56 Å². The predicted molar refractivity (Wildman–Crippen MR) is 71.1 cm³/mol. The van der Waals surface area contributed by atoms with Gasteiger partial charge in [-0.3, -0.25) is 4.84 Å². The summed E-state index contributed by atoms with van der Waals surface area (Å²) in [7, 11) is 0. The molecule has 0 heterocycles. The van der Waals surface area contributed by atoms with Gasteiger partial charge >= 0.3 is 0 Å². The van der Waals surface area contributed by atoms with Crippen LogP contribution in [0.5, 0.6) is 0 Å². The minimum Gasteiger partial charge on any atom is -0.298 e. The zero-order chi connectivity index (χ0) is 13.1. The van der Waals surface area contributed by atoms with Crippen LogP contribution in [-0.4, -0.2) is 6.10 Å². The van der Waals surface area contributed by atoms with Crippen molar-refractivity contribution in [1.29, 1.82) is 0 Å². The van der Waals surface area contributed by atoms with Gasteiger partial charge in [0.1, 0.15) is 5.82 Å². The molecule has 0 fully saturated rings. The van der Waals surface area contributed by atoms with Crippen molar-refractivity contribution in [3.8, 4) is 0 Å². The lowest BCUT2D eigenvalue weighted by Crippen LogP contribution is -2.41. The second-order valence-electron chi connectivity index (χ2n) is 4.58. The summed E-state index contributed by atoms with van der Waals surface area (Å²) in [4.78, 5) is 5.42. The third kappa shape index (κ3) is 3.76. The minimum atomic E-state index is -0.530. The highest BCUT2D eigenvalue weighted by Crippen LogP contribution is 2.29. The van der Waals surface area contributed by atoms with Gasteiger partial charge in [-0.15, -0.1) is 0 Å². The van der Waals surface area contributed by atoms with Gasteiger partial charge < -0.3 is 0 Å². The Balaban J connectivity index is 3.02. The van der Waals surface area contributed by atoms with E-state index in [1.54, 1.807) is 12.1 Å². The van der Waals surface area contributed by atoms with Crippen LogP contribution in [0.15, 0.2) is 22.7 Å². The molecule has 0 aliphatic carbocycles. The standard InChI is InChI=1S/C13H19BrFNO/c1-5-13(4,16-17-9(2)3)11-8-10(14)6-7-12(11)15/h6-9,16H,5H2,1-4H3/t13-/m1/s1. The Morgan fingerprint density at radius 3 is 2.65 bits per heavy atom. The highest BCUT2D eigenvalue weighted by molar-refractivity contribution is 9.10. The third-order valence-electron chi connectivity index (χ3n) is 2.75. The van der Waals surface area contributed by atoms with Gasteiger partial charge in [-0.1, -0.05) is 22.9 Å². The highest BCUT2D eigenvalue weighted by Gasteiger charge is 2.28. The van der Waals surface area contributed by atoms with Crippen molar-refractivity contribution in [2.75, 3.05) is 0 Å². The minimum absolute atomic E-state index is 0.0519. The van der Waals surface area contributed by atoms with Gasteiger partial charge in [-0.05, 0) is 45.4 Å². The molecule has 1 atom stereocenters. The Morgan fingerprint density at radius 1 is 1.47 bits per heavy atom. The fourth-order valence-corrected chi connectivity index (χ4v) is 1.85. The van der Waals surface area contributed by atoms with Gasteiger partial charge in [0.15, 0.2) is 0 Å². The maximum Gasteiger partial charge on any atom is 0.128 e. The van der Waals surface area contributed by atoms with Crippen molar-refractivity contribution < 1.29 is 9.23 Å². The summed E-state index contributed by atoms with van der Waals surface area (Å²) in [5.74, 6) is -0.225. The van der Waals surface area contributed by atoms with Gasteiger partial charge in [0.25, 0.3) is 0 Å². The topological polar surface area (TPSA) is 21.3 Å². The van der Waals surface area contributed by atoms with E-state index in [4.69, 9.17) is 4.84 Å². The first-order chi connectivity index (χ1) is 7.89. The zero-order valence-electron chi connectivity index (χ0n) is 10.7. The smallest absolute Gasteiger partial charge is 0.128 e. The number of nitrogens with one attached hydrogen (secondary N) is 1. The average Bonchev–Trinajstić information content (AvgIpc) is 2.29. The van der Waals surface area contributed by atoms with Crippen LogP contribution in [0.25, 0.3) is 0 Å².